The maximum absolute atomic E-state index is 13.5. The van der Waals surface area contributed by atoms with Crippen LogP contribution in [0.5, 0.6) is 0 Å². The number of nitrogens with zero attached hydrogens (tertiary/aromatic N) is 2. The first-order valence-corrected chi connectivity index (χ1v) is 14.3. The lowest BCUT2D eigenvalue weighted by molar-refractivity contribution is -0.139. The highest BCUT2D eigenvalue weighted by Crippen LogP contribution is 2.28. The number of hydrogen-bond acceptors (Lipinski definition) is 4. The lowest BCUT2D eigenvalue weighted by Gasteiger charge is -2.33. The molecule has 1 saturated carbocycles. The van der Waals surface area contributed by atoms with Crippen LogP contribution in [-0.2, 0) is 26.2 Å². The Kier molecular flexibility index (Phi) is 9.60. The average molecular weight is 559 g/mol. The van der Waals surface area contributed by atoms with Crippen molar-refractivity contribution in [3.63, 3.8) is 0 Å². The maximum Gasteiger partial charge on any atom is 0.244 e. The van der Waals surface area contributed by atoms with E-state index in [1.807, 2.05) is 0 Å². The van der Waals surface area contributed by atoms with Gasteiger partial charge in [-0.05, 0) is 55.7 Å². The van der Waals surface area contributed by atoms with Crippen molar-refractivity contribution in [2.45, 2.75) is 57.7 Å². The first kappa shape index (κ1) is 28.2. The van der Waals surface area contributed by atoms with E-state index in [9.17, 15) is 22.4 Å². The van der Waals surface area contributed by atoms with Gasteiger partial charge in [0.2, 0.25) is 21.8 Å². The summed E-state index contributed by atoms with van der Waals surface area (Å²) in [6.45, 7) is 1.04. The van der Waals surface area contributed by atoms with Gasteiger partial charge in [-0.15, -0.1) is 0 Å². The summed E-state index contributed by atoms with van der Waals surface area (Å²) in [5.74, 6) is -1.34. The number of carbonyl (C=O) groups excluding carboxylic acids is 2. The lowest BCUT2D eigenvalue weighted by atomic mass is 9.95. The Bertz CT molecular complexity index is 1190. The van der Waals surface area contributed by atoms with E-state index in [-0.39, 0.29) is 34.2 Å². The average Bonchev–Trinajstić information content (AvgIpc) is 2.83. The fourth-order valence-electron chi connectivity index (χ4n) is 4.19. The number of nitrogens with one attached hydrogen (secondary N) is 1. The van der Waals surface area contributed by atoms with Crippen LogP contribution in [0, 0.1) is 5.82 Å². The Morgan fingerprint density at radius 1 is 1.06 bits per heavy atom. The van der Waals surface area contributed by atoms with Crippen molar-refractivity contribution in [2.75, 3.05) is 17.1 Å². The first-order valence-electron chi connectivity index (χ1n) is 11.7. The molecular weight excluding hydrogens is 528 g/mol. The standard InChI is InChI=1S/C25H30Cl2FN3O4S/c1-17(25(33)29-20-6-4-3-5-7-20)30(15-18-8-10-19(28)11-9-18)24(32)16-31(36(2,34)35)21-12-13-22(26)23(27)14-21/h8-14,17,20H,3-7,15-16H2,1-2H3,(H,29,33)/t17-/m0/s1. The summed E-state index contributed by atoms with van der Waals surface area (Å²) >= 11 is 12.0. The fourth-order valence-corrected chi connectivity index (χ4v) is 5.33. The van der Waals surface area contributed by atoms with Gasteiger partial charge in [-0.3, -0.25) is 13.9 Å². The molecule has 0 aromatic heterocycles. The molecule has 0 saturated heterocycles. The van der Waals surface area contributed by atoms with Crippen LogP contribution in [0.4, 0.5) is 10.1 Å². The molecule has 2 aromatic carbocycles. The van der Waals surface area contributed by atoms with Crippen molar-refractivity contribution in [1.82, 2.24) is 10.2 Å². The number of benzene rings is 2. The van der Waals surface area contributed by atoms with E-state index in [4.69, 9.17) is 23.2 Å². The third-order valence-corrected chi connectivity index (χ3v) is 8.14. The van der Waals surface area contributed by atoms with Gasteiger partial charge in [0, 0.05) is 12.6 Å². The molecule has 1 atom stereocenters. The molecule has 36 heavy (non-hydrogen) atoms. The monoisotopic (exact) mass is 557 g/mol. The summed E-state index contributed by atoms with van der Waals surface area (Å²) in [7, 11) is -3.89. The van der Waals surface area contributed by atoms with E-state index in [0.29, 0.717) is 5.56 Å². The molecular formula is C25H30Cl2FN3O4S. The molecule has 1 N–H and O–H groups in total. The molecule has 0 radical (unpaired) electrons. The number of carbonyl (C=O) groups is 2. The zero-order valence-corrected chi connectivity index (χ0v) is 22.5. The maximum atomic E-state index is 13.5. The zero-order valence-electron chi connectivity index (χ0n) is 20.2. The molecule has 3 rings (SSSR count). The van der Waals surface area contributed by atoms with Crippen LogP contribution < -0.4 is 9.62 Å². The van der Waals surface area contributed by atoms with E-state index in [0.717, 1.165) is 42.7 Å². The molecule has 196 valence electrons. The lowest BCUT2D eigenvalue weighted by Crippen LogP contribution is -2.52. The second-order valence-electron chi connectivity index (χ2n) is 9.04. The SMILES string of the molecule is C[C@@H](C(=O)NC1CCCCC1)N(Cc1ccc(F)cc1)C(=O)CN(c1ccc(Cl)c(Cl)c1)S(C)(=O)=O. The van der Waals surface area contributed by atoms with E-state index in [1.54, 1.807) is 6.92 Å². The molecule has 0 spiro atoms. The summed E-state index contributed by atoms with van der Waals surface area (Å²) in [6, 6.07) is 8.99. The van der Waals surface area contributed by atoms with Crippen LogP contribution in [0.1, 0.15) is 44.6 Å². The summed E-state index contributed by atoms with van der Waals surface area (Å²) in [6.07, 6.45) is 5.93. The van der Waals surface area contributed by atoms with Gasteiger partial charge in [0.15, 0.2) is 0 Å². The molecule has 1 fully saturated rings. The Morgan fingerprint density at radius 3 is 2.28 bits per heavy atom. The smallest absolute Gasteiger partial charge is 0.244 e. The molecule has 2 amide bonds. The fraction of sp³-hybridized carbons (Fsp3) is 0.440. The second kappa shape index (κ2) is 12.3. The highest BCUT2D eigenvalue weighted by Gasteiger charge is 2.31. The van der Waals surface area contributed by atoms with Gasteiger partial charge >= 0.3 is 0 Å². The van der Waals surface area contributed by atoms with Gasteiger partial charge in [-0.2, -0.15) is 0 Å². The van der Waals surface area contributed by atoms with Crippen molar-refractivity contribution in [1.29, 1.82) is 0 Å². The number of halogens is 3. The molecule has 2 aromatic rings. The Labute approximate surface area is 221 Å². The number of sulfonamides is 1. The topological polar surface area (TPSA) is 86.8 Å². The molecule has 0 heterocycles. The van der Waals surface area contributed by atoms with E-state index in [2.05, 4.69) is 5.32 Å². The van der Waals surface area contributed by atoms with E-state index in [1.165, 1.54) is 47.4 Å². The van der Waals surface area contributed by atoms with Gasteiger partial charge in [0.25, 0.3) is 0 Å². The minimum atomic E-state index is -3.89. The minimum Gasteiger partial charge on any atom is -0.352 e. The van der Waals surface area contributed by atoms with Crippen LogP contribution in [0.25, 0.3) is 0 Å². The van der Waals surface area contributed by atoms with Crippen LogP contribution in [0.2, 0.25) is 10.0 Å². The zero-order chi connectivity index (χ0) is 26.5. The summed E-state index contributed by atoms with van der Waals surface area (Å²) in [5.41, 5.74) is 0.767. The largest absolute Gasteiger partial charge is 0.352 e. The van der Waals surface area contributed by atoms with Gasteiger partial charge in [-0.1, -0.05) is 54.6 Å². The second-order valence-corrected chi connectivity index (χ2v) is 11.8. The Morgan fingerprint density at radius 2 is 1.69 bits per heavy atom. The van der Waals surface area contributed by atoms with Crippen LogP contribution in [-0.4, -0.2) is 50.0 Å². The third-order valence-electron chi connectivity index (χ3n) is 6.26. The molecule has 0 aliphatic heterocycles. The number of anilines is 1. The highest BCUT2D eigenvalue weighted by atomic mass is 35.5. The molecule has 0 bridgehead atoms. The number of hydrogen-bond donors (Lipinski definition) is 1. The normalized spacial score (nSPS) is 15.2. The molecule has 11 heteroatoms. The summed E-state index contributed by atoms with van der Waals surface area (Å²) in [5, 5.41) is 3.40. The molecule has 7 nitrogen and oxygen atoms in total. The quantitative estimate of drug-likeness (QED) is 0.481. The van der Waals surface area contributed by atoms with Crippen molar-refractivity contribution in [3.8, 4) is 0 Å². The summed E-state index contributed by atoms with van der Waals surface area (Å²) < 4.78 is 39.6. The molecule has 1 aliphatic rings. The molecule has 1 aliphatic carbocycles. The highest BCUT2D eigenvalue weighted by molar-refractivity contribution is 7.92. The summed E-state index contributed by atoms with van der Waals surface area (Å²) in [4.78, 5) is 28.0. The van der Waals surface area contributed by atoms with Gasteiger partial charge in [0.1, 0.15) is 18.4 Å². The van der Waals surface area contributed by atoms with E-state index >= 15 is 0 Å². The van der Waals surface area contributed by atoms with Crippen molar-refractivity contribution in [2.24, 2.45) is 0 Å². The predicted molar refractivity (Wildman–Crippen MR) is 140 cm³/mol. The van der Waals surface area contributed by atoms with Crippen LogP contribution >= 0.6 is 23.2 Å². The van der Waals surface area contributed by atoms with Crippen molar-refractivity contribution in [3.05, 3.63) is 63.9 Å². The van der Waals surface area contributed by atoms with Crippen LogP contribution in [0.15, 0.2) is 42.5 Å². The van der Waals surface area contributed by atoms with Crippen molar-refractivity contribution >= 4 is 50.7 Å². The minimum absolute atomic E-state index is 0.00264. The van der Waals surface area contributed by atoms with Gasteiger partial charge in [0.05, 0.1) is 22.0 Å². The van der Waals surface area contributed by atoms with E-state index < -0.39 is 34.3 Å². The van der Waals surface area contributed by atoms with Crippen LogP contribution in [0.3, 0.4) is 0 Å². The molecule has 0 unspecified atom stereocenters. The van der Waals surface area contributed by atoms with Gasteiger partial charge < -0.3 is 10.2 Å². The number of rotatable bonds is 9. The number of amides is 2. The van der Waals surface area contributed by atoms with Crippen molar-refractivity contribution < 1.29 is 22.4 Å². The Hall–Kier alpha value is -2.36. The third kappa shape index (κ3) is 7.57. The predicted octanol–water partition coefficient (Wildman–Crippen LogP) is 4.76. The Balaban J connectivity index is 1.87. The first-order chi connectivity index (χ1) is 17.0. The van der Waals surface area contributed by atoms with Gasteiger partial charge in [-0.25, -0.2) is 12.8 Å².